The zero-order chi connectivity index (χ0) is 12.1. The number of amides is 1. The number of Topliss-reactive ketones (excluding diaryl/α,β-unsaturated/α-hetero) is 1. The molecule has 0 atom stereocenters. The lowest BCUT2D eigenvalue weighted by molar-refractivity contribution is -0.120. The van der Waals surface area contributed by atoms with Gasteiger partial charge in [0.05, 0.1) is 12.4 Å². The van der Waals surface area contributed by atoms with E-state index in [2.05, 4.69) is 0 Å². The topological polar surface area (TPSA) is 37.4 Å². The second-order valence-corrected chi connectivity index (χ2v) is 3.96. The van der Waals surface area contributed by atoms with Crippen LogP contribution in [0.15, 0.2) is 24.3 Å². The fraction of sp³-hybridized carbons (Fsp3) is 0.273. The Bertz CT molecular complexity index is 389. The highest BCUT2D eigenvalue weighted by Crippen LogP contribution is 2.18. The van der Waals surface area contributed by atoms with E-state index in [1.165, 1.54) is 11.8 Å². The Labute approximate surface area is 104 Å². The zero-order valence-corrected chi connectivity index (χ0v) is 10.3. The van der Waals surface area contributed by atoms with E-state index >= 15 is 0 Å². The summed E-state index contributed by atoms with van der Waals surface area (Å²) in [7, 11) is 0. The van der Waals surface area contributed by atoms with Crippen molar-refractivity contribution in [2.45, 2.75) is 6.92 Å². The molecule has 0 heterocycles. The van der Waals surface area contributed by atoms with Crippen LogP contribution in [0.25, 0.3) is 0 Å². The number of alkyl halides is 1. The van der Waals surface area contributed by atoms with Crippen molar-refractivity contribution >= 4 is 40.6 Å². The van der Waals surface area contributed by atoms with E-state index in [0.29, 0.717) is 10.7 Å². The van der Waals surface area contributed by atoms with Crippen molar-refractivity contribution in [3.8, 4) is 0 Å². The highest BCUT2D eigenvalue weighted by atomic mass is 35.5. The van der Waals surface area contributed by atoms with Crippen molar-refractivity contribution in [2.24, 2.45) is 0 Å². The smallest absolute Gasteiger partial charge is 0.224 e. The highest BCUT2D eigenvalue weighted by molar-refractivity contribution is 6.30. The molecule has 0 fully saturated rings. The Kier molecular flexibility index (Phi) is 4.77. The molecule has 0 bridgehead atoms. The van der Waals surface area contributed by atoms with Crippen LogP contribution in [0.1, 0.15) is 6.92 Å². The minimum atomic E-state index is -0.208. The van der Waals surface area contributed by atoms with Crippen LogP contribution in [0.5, 0.6) is 0 Å². The minimum absolute atomic E-state index is 0.0134. The second-order valence-electron chi connectivity index (χ2n) is 3.25. The lowest BCUT2D eigenvalue weighted by atomic mass is 10.2. The van der Waals surface area contributed by atoms with Crippen LogP contribution in [0, 0.1) is 0 Å². The van der Waals surface area contributed by atoms with Gasteiger partial charge in [-0.2, -0.15) is 0 Å². The molecule has 1 rings (SSSR count). The average molecular weight is 260 g/mol. The summed E-state index contributed by atoms with van der Waals surface area (Å²) in [6.07, 6.45) is 0. The molecule has 0 saturated carbocycles. The molecule has 1 amide bonds. The summed E-state index contributed by atoms with van der Waals surface area (Å²) in [5.41, 5.74) is 0.635. The van der Waals surface area contributed by atoms with Crippen LogP contribution in [-0.4, -0.2) is 24.1 Å². The number of anilines is 1. The highest BCUT2D eigenvalue weighted by Gasteiger charge is 2.14. The molecule has 0 radical (unpaired) electrons. The van der Waals surface area contributed by atoms with Crippen LogP contribution in [0.2, 0.25) is 5.02 Å². The van der Waals surface area contributed by atoms with E-state index in [-0.39, 0.29) is 24.1 Å². The molecule has 86 valence electrons. The largest absolute Gasteiger partial charge is 0.305 e. The summed E-state index contributed by atoms with van der Waals surface area (Å²) in [4.78, 5) is 24.0. The van der Waals surface area contributed by atoms with Crippen LogP contribution < -0.4 is 4.90 Å². The summed E-state index contributed by atoms with van der Waals surface area (Å²) < 4.78 is 0. The third kappa shape index (κ3) is 3.51. The number of carbonyl (C=O) groups is 2. The monoisotopic (exact) mass is 259 g/mol. The molecule has 0 unspecified atom stereocenters. The molecular weight excluding hydrogens is 249 g/mol. The molecule has 5 heteroatoms. The van der Waals surface area contributed by atoms with E-state index in [1.807, 2.05) is 0 Å². The van der Waals surface area contributed by atoms with Crippen molar-refractivity contribution in [2.75, 3.05) is 17.3 Å². The Morgan fingerprint density at radius 3 is 2.25 bits per heavy atom. The maximum Gasteiger partial charge on any atom is 0.224 e. The molecule has 0 spiro atoms. The molecule has 0 aliphatic heterocycles. The number of hydrogen-bond acceptors (Lipinski definition) is 2. The Balaban J connectivity index is 2.89. The van der Waals surface area contributed by atoms with Crippen LogP contribution in [0.3, 0.4) is 0 Å². The van der Waals surface area contributed by atoms with E-state index in [1.54, 1.807) is 24.3 Å². The number of carbonyl (C=O) groups excluding carboxylic acids is 2. The van der Waals surface area contributed by atoms with Gasteiger partial charge in [-0.25, -0.2) is 0 Å². The lowest BCUT2D eigenvalue weighted by Crippen LogP contribution is -2.34. The van der Waals surface area contributed by atoms with Crippen molar-refractivity contribution in [3.63, 3.8) is 0 Å². The fourth-order valence-electron chi connectivity index (χ4n) is 1.22. The molecular formula is C11H11Cl2NO2. The first-order valence-corrected chi connectivity index (χ1v) is 5.57. The van der Waals surface area contributed by atoms with Crippen molar-refractivity contribution < 1.29 is 9.59 Å². The van der Waals surface area contributed by atoms with Crippen molar-refractivity contribution in [3.05, 3.63) is 29.3 Å². The Morgan fingerprint density at radius 1 is 1.25 bits per heavy atom. The van der Waals surface area contributed by atoms with Gasteiger partial charge >= 0.3 is 0 Å². The normalized spacial score (nSPS) is 9.94. The molecule has 0 N–H and O–H groups in total. The first-order valence-electron chi connectivity index (χ1n) is 4.66. The maximum atomic E-state index is 11.4. The van der Waals surface area contributed by atoms with Gasteiger partial charge in [-0.15, -0.1) is 11.6 Å². The van der Waals surface area contributed by atoms with Gasteiger partial charge in [0.2, 0.25) is 5.91 Å². The van der Waals surface area contributed by atoms with Gasteiger partial charge in [0.1, 0.15) is 0 Å². The number of nitrogens with zero attached hydrogens (tertiary/aromatic N) is 1. The van der Waals surface area contributed by atoms with Gasteiger partial charge < -0.3 is 4.90 Å². The van der Waals surface area contributed by atoms with Gasteiger partial charge in [0.25, 0.3) is 0 Å². The Morgan fingerprint density at radius 2 is 1.81 bits per heavy atom. The van der Waals surface area contributed by atoms with Crippen LogP contribution in [0.4, 0.5) is 5.69 Å². The molecule has 3 nitrogen and oxygen atoms in total. The van der Waals surface area contributed by atoms with Gasteiger partial charge in [0.15, 0.2) is 5.78 Å². The molecule has 0 saturated heterocycles. The predicted molar refractivity (Wildman–Crippen MR) is 65.2 cm³/mol. The number of ketones is 1. The zero-order valence-electron chi connectivity index (χ0n) is 8.74. The quantitative estimate of drug-likeness (QED) is 0.780. The van der Waals surface area contributed by atoms with Crippen molar-refractivity contribution in [1.82, 2.24) is 0 Å². The molecule has 1 aromatic rings. The van der Waals surface area contributed by atoms with Crippen LogP contribution >= 0.6 is 23.2 Å². The predicted octanol–water partition coefficient (Wildman–Crippen LogP) is 2.50. The minimum Gasteiger partial charge on any atom is -0.305 e. The van der Waals surface area contributed by atoms with E-state index < -0.39 is 0 Å². The number of rotatable bonds is 4. The number of benzene rings is 1. The number of halogens is 2. The maximum absolute atomic E-state index is 11.4. The summed E-state index contributed by atoms with van der Waals surface area (Å²) in [6.45, 7) is 1.39. The van der Waals surface area contributed by atoms with Gasteiger partial charge in [-0.3, -0.25) is 9.59 Å². The molecule has 0 aliphatic rings. The summed E-state index contributed by atoms with van der Waals surface area (Å²) >= 11 is 11.1. The summed E-state index contributed by atoms with van der Waals surface area (Å²) in [5.74, 6) is -0.509. The fourth-order valence-corrected chi connectivity index (χ4v) is 1.43. The molecule has 0 aliphatic carbocycles. The van der Waals surface area contributed by atoms with E-state index in [0.717, 1.165) is 0 Å². The first kappa shape index (κ1) is 13.0. The SMILES string of the molecule is CC(=O)N(CC(=O)CCl)c1ccc(Cl)cc1. The first-order chi connectivity index (χ1) is 7.54. The lowest BCUT2D eigenvalue weighted by Gasteiger charge is -2.19. The van der Waals surface area contributed by atoms with Gasteiger partial charge in [-0.1, -0.05) is 11.6 Å². The Hall–Kier alpha value is -1.06. The van der Waals surface area contributed by atoms with Gasteiger partial charge in [-0.05, 0) is 24.3 Å². The average Bonchev–Trinajstić information content (AvgIpc) is 2.26. The summed E-state index contributed by atoms with van der Waals surface area (Å²) in [6, 6.07) is 6.70. The van der Waals surface area contributed by atoms with Gasteiger partial charge in [0, 0.05) is 17.6 Å². The molecule has 16 heavy (non-hydrogen) atoms. The van der Waals surface area contributed by atoms with Crippen LogP contribution in [-0.2, 0) is 9.59 Å². The third-order valence-corrected chi connectivity index (χ3v) is 2.55. The van der Waals surface area contributed by atoms with E-state index in [4.69, 9.17) is 23.2 Å². The third-order valence-electron chi connectivity index (χ3n) is 2.00. The summed E-state index contributed by atoms with van der Waals surface area (Å²) in [5, 5.41) is 0.580. The number of hydrogen-bond donors (Lipinski definition) is 0. The van der Waals surface area contributed by atoms with Crippen molar-refractivity contribution in [1.29, 1.82) is 0 Å². The molecule has 0 aromatic heterocycles. The standard InChI is InChI=1S/C11H11Cl2NO2/c1-8(15)14(7-11(16)6-12)10-4-2-9(13)3-5-10/h2-5H,6-7H2,1H3. The second kappa shape index (κ2) is 5.87. The van der Waals surface area contributed by atoms with E-state index in [9.17, 15) is 9.59 Å². The molecule has 1 aromatic carbocycles.